The van der Waals surface area contributed by atoms with Gasteiger partial charge in [0.2, 0.25) is 12.8 Å². The van der Waals surface area contributed by atoms with Crippen LogP contribution in [0.2, 0.25) is 0 Å². The molecule has 0 saturated heterocycles. The van der Waals surface area contributed by atoms with E-state index in [4.69, 9.17) is 4.74 Å². The average Bonchev–Trinajstić information content (AvgIpc) is 2.46. The number of nitrogens with one attached hydrogen (secondary N) is 1. The third kappa shape index (κ3) is 4.71. The van der Waals surface area contributed by atoms with Gasteiger partial charge in [0.1, 0.15) is 0 Å². The molecule has 0 aliphatic rings. The van der Waals surface area contributed by atoms with Gasteiger partial charge in [-0.3, -0.25) is 20.0 Å². The molecule has 0 aromatic heterocycles. The van der Waals surface area contributed by atoms with Gasteiger partial charge in [0, 0.05) is 0 Å². The molecule has 19 heavy (non-hydrogen) atoms. The van der Waals surface area contributed by atoms with Gasteiger partial charge in [0.15, 0.2) is 0 Å². The Morgan fingerprint density at radius 2 is 2.00 bits per heavy atom. The van der Waals surface area contributed by atoms with Crippen molar-refractivity contribution in [3.05, 3.63) is 35.9 Å². The molecule has 0 bridgehead atoms. The Morgan fingerprint density at radius 3 is 2.53 bits per heavy atom. The third-order valence-corrected chi connectivity index (χ3v) is 2.99. The second kappa shape index (κ2) is 8.26. The number of carbonyl (C=O) groups is 2. The Labute approximate surface area is 113 Å². The zero-order valence-corrected chi connectivity index (χ0v) is 11.3. The number of nitrogens with zero attached hydrogens (tertiary/aromatic N) is 1. The molecule has 1 aromatic carbocycles. The van der Waals surface area contributed by atoms with Crippen molar-refractivity contribution in [2.75, 3.05) is 0 Å². The van der Waals surface area contributed by atoms with Crippen molar-refractivity contribution in [2.45, 2.75) is 39.0 Å². The first-order valence-corrected chi connectivity index (χ1v) is 6.31. The summed E-state index contributed by atoms with van der Waals surface area (Å²) in [7, 11) is 0. The highest BCUT2D eigenvalue weighted by Gasteiger charge is 2.22. The molecule has 0 saturated carbocycles. The fraction of sp³-hybridized carbons (Fsp3) is 0.429. The van der Waals surface area contributed by atoms with Gasteiger partial charge in [-0.25, -0.2) is 0 Å². The van der Waals surface area contributed by atoms with Crippen molar-refractivity contribution >= 4 is 12.8 Å². The van der Waals surface area contributed by atoms with Crippen LogP contribution in [0.3, 0.4) is 0 Å². The van der Waals surface area contributed by atoms with E-state index in [1.54, 1.807) is 0 Å². The highest BCUT2D eigenvalue weighted by molar-refractivity contribution is 5.54. The molecule has 5 heteroatoms. The molecule has 0 aliphatic heterocycles. The minimum Gasteiger partial charge on any atom is -0.372 e. The molecule has 0 spiro atoms. The molecule has 0 heterocycles. The zero-order chi connectivity index (χ0) is 14.1. The van der Waals surface area contributed by atoms with Crippen LogP contribution >= 0.6 is 0 Å². The van der Waals surface area contributed by atoms with Crippen molar-refractivity contribution in [1.29, 1.82) is 0 Å². The Kier molecular flexibility index (Phi) is 6.60. The summed E-state index contributed by atoms with van der Waals surface area (Å²) in [6, 6.07) is 9.62. The predicted octanol–water partition coefficient (Wildman–Crippen LogP) is 1.49. The molecular formula is C14H20N2O3. The minimum atomic E-state index is -0.189. The fourth-order valence-electron chi connectivity index (χ4n) is 1.93. The number of amides is 2. The van der Waals surface area contributed by atoms with E-state index in [1.165, 1.54) is 5.01 Å². The molecule has 1 rings (SSSR count). The fourth-order valence-corrected chi connectivity index (χ4v) is 1.93. The van der Waals surface area contributed by atoms with E-state index >= 15 is 0 Å². The lowest BCUT2D eigenvalue weighted by molar-refractivity contribution is -0.134. The van der Waals surface area contributed by atoms with E-state index in [9.17, 15) is 9.59 Å². The molecule has 2 amide bonds. The highest BCUT2D eigenvalue weighted by Crippen LogP contribution is 2.11. The molecule has 2 atom stereocenters. The topological polar surface area (TPSA) is 58.6 Å². The van der Waals surface area contributed by atoms with Crippen LogP contribution in [0.4, 0.5) is 0 Å². The van der Waals surface area contributed by atoms with E-state index < -0.39 is 0 Å². The van der Waals surface area contributed by atoms with Crippen LogP contribution in [0.15, 0.2) is 30.3 Å². The smallest absolute Gasteiger partial charge is 0.228 e. The van der Waals surface area contributed by atoms with E-state index in [0.29, 0.717) is 25.8 Å². The number of rotatable bonds is 9. The number of benzene rings is 1. The van der Waals surface area contributed by atoms with Gasteiger partial charge in [-0.2, -0.15) is 0 Å². The first-order valence-electron chi connectivity index (χ1n) is 6.31. The minimum absolute atomic E-state index is 0.178. The second-order valence-electron chi connectivity index (χ2n) is 4.24. The zero-order valence-electron chi connectivity index (χ0n) is 11.3. The summed E-state index contributed by atoms with van der Waals surface area (Å²) in [5.41, 5.74) is 3.44. The third-order valence-electron chi connectivity index (χ3n) is 2.99. The van der Waals surface area contributed by atoms with Crippen LogP contribution < -0.4 is 5.43 Å². The largest absolute Gasteiger partial charge is 0.372 e. The predicted molar refractivity (Wildman–Crippen MR) is 71.9 cm³/mol. The number of hydrogen-bond acceptors (Lipinski definition) is 3. The van der Waals surface area contributed by atoms with E-state index in [1.807, 2.05) is 44.2 Å². The molecule has 0 aliphatic carbocycles. The van der Waals surface area contributed by atoms with Crippen LogP contribution in [0.5, 0.6) is 0 Å². The summed E-state index contributed by atoms with van der Waals surface area (Å²) in [5.74, 6) is 0. The SMILES string of the molecule is CC[C@@H]([C@H](C)OCc1ccccc1)N(C=O)NC=O. The summed E-state index contributed by atoms with van der Waals surface area (Å²) in [6.45, 7) is 4.31. The molecule has 104 valence electrons. The summed E-state index contributed by atoms with van der Waals surface area (Å²) in [6.07, 6.45) is 1.60. The number of carbonyl (C=O) groups excluding carboxylic acids is 2. The summed E-state index contributed by atoms with van der Waals surface area (Å²) in [5, 5.41) is 1.24. The molecular weight excluding hydrogens is 244 g/mol. The molecule has 1 N–H and O–H groups in total. The maximum Gasteiger partial charge on any atom is 0.228 e. The van der Waals surface area contributed by atoms with Gasteiger partial charge in [0.05, 0.1) is 18.8 Å². The Morgan fingerprint density at radius 1 is 1.32 bits per heavy atom. The Bertz CT molecular complexity index is 384. The Balaban J connectivity index is 2.55. The van der Waals surface area contributed by atoms with Crippen molar-refractivity contribution in [3.8, 4) is 0 Å². The molecule has 0 fully saturated rings. The molecule has 1 aromatic rings. The van der Waals surface area contributed by atoms with Crippen LogP contribution in [0.25, 0.3) is 0 Å². The van der Waals surface area contributed by atoms with Crippen molar-refractivity contribution in [3.63, 3.8) is 0 Å². The van der Waals surface area contributed by atoms with E-state index in [2.05, 4.69) is 5.43 Å². The summed E-state index contributed by atoms with van der Waals surface area (Å²) in [4.78, 5) is 21.4. The van der Waals surface area contributed by atoms with Crippen LogP contribution in [0.1, 0.15) is 25.8 Å². The number of hydrazine groups is 1. The molecule has 5 nitrogen and oxygen atoms in total. The number of hydrogen-bond donors (Lipinski definition) is 1. The van der Waals surface area contributed by atoms with E-state index in [-0.39, 0.29) is 12.1 Å². The normalized spacial score (nSPS) is 13.4. The van der Waals surface area contributed by atoms with Gasteiger partial charge in [-0.15, -0.1) is 0 Å². The molecule has 0 unspecified atom stereocenters. The Hall–Kier alpha value is -1.88. The van der Waals surface area contributed by atoms with Gasteiger partial charge >= 0.3 is 0 Å². The van der Waals surface area contributed by atoms with Crippen molar-refractivity contribution in [1.82, 2.24) is 10.4 Å². The van der Waals surface area contributed by atoms with Gasteiger partial charge in [-0.05, 0) is 18.9 Å². The standard InChI is InChI=1S/C14H20N2O3/c1-3-14(16(11-18)15-10-17)12(2)19-9-13-7-5-4-6-8-13/h4-8,10-12,14H,3,9H2,1-2H3,(H,15,17)/t12-,14-/m0/s1. The van der Waals surface area contributed by atoms with Crippen LogP contribution in [-0.4, -0.2) is 30.0 Å². The van der Waals surface area contributed by atoms with Crippen LogP contribution in [-0.2, 0) is 20.9 Å². The lowest BCUT2D eigenvalue weighted by atomic mass is 10.1. The lowest BCUT2D eigenvalue weighted by Crippen LogP contribution is -2.49. The van der Waals surface area contributed by atoms with Gasteiger partial charge < -0.3 is 4.74 Å². The van der Waals surface area contributed by atoms with Gasteiger partial charge in [-0.1, -0.05) is 37.3 Å². The monoisotopic (exact) mass is 264 g/mol. The maximum absolute atomic E-state index is 10.9. The lowest BCUT2D eigenvalue weighted by Gasteiger charge is -2.30. The average molecular weight is 264 g/mol. The highest BCUT2D eigenvalue weighted by atomic mass is 16.5. The van der Waals surface area contributed by atoms with Crippen molar-refractivity contribution < 1.29 is 14.3 Å². The van der Waals surface area contributed by atoms with E-state index in [0.717, 1.165) is 5.56 Å². The maximum atomic E-state index is 10.9. The van der Waals surface area contributed by atoms with Crippen molar-refractivity contribution in [2.24, 2.45) is 0 Å². The summed E-state index contributed by atoms with van der Waals surface area (Å²) < 4.78 is 5.75. The second-order valence-corrected chi connectivity index (χ2v) is 4.24. The first kappa shape index (κ1) is 15.2. The van der Waals surface area contributed by atoms with Crippen LogP contribution in [0, 0.1) is 0 Å². The van der Waals surface area contributed by atoms with Gasteiger partial charge in [0.25, 0.3) is 0 Å². The molecule has 0 radical (unpaired) electrons. The quantitative estimate of drug-likeness (QED) is 0.543. The summed E-state index contributed by atoms with van der Waals surface area (Å²) >= 11 is 0. The first-order chi connectivity index (χ1) is 9.22. The number of ether oxygens (including phenoxy) is 1.